The molecule has 3 unspecified atom stereocenters. The van der Waals surface area contributed by atoms with Gasteiger partial charge in [0.1, 0.15) is 0 Å². The summed E-state index contributed by atoms with van der Waals surface area (Å²) < 4.78 is 0. The van der Waals surface area contributed by atoms with Gasteiger partial charge in [0, 0.05) is 5.41 Å². The summed E-state index contributed by atoms with van der Waals surface area (Å²) in [4.78, 5) is 0. The lowest BCUT2D eigenvalue weighted by molar-refractivity contribution is 0.133. The predicted molar refractivity (Wildman–Crippen MR) is 53.3 cm³/mol. The van der Waals surface area contributed by atoms with Crippen molar-refractivity contribution in [3.63, 3.8) is 0 Å². The number of hydrogen-bond acceptors (Lipinski definition) is 0. The highest BCUT2D eigenvalue weighted by Gasteiger charge is 2.63. The van der Waals surface area contributed by atoms with Gasteiger partial charge < -0.3 is 0 Å². The molecule has 0 amide bonds. The van der Waals surface area contributed by atoms with Crippen molar-refractivity contribution in [2.45, 2.75) is 39.0 Å². The van der Waals surface area contributed by atoms with E-state index in [4.69, 9.17) is 0 Å². The second-order valence-electron chi connectivity index (χ2n) is 5.50. The molecule has 0 aromatic carbocycles. The molecule has 4 rings (SSSR count). The Morgan fingerprint density at radius 1 is 1.38 bits per heavy atom. The van der Waals surface area contributed by atoms with Crippen LogP contribution < -0.4 is 0 Å². The molecule has 3 atom stereocenters. The first-order valence-electron chi connectivity index (χ1n) is 5.73. The summed E-state index contributed by atoms with van der Waals surface area (Å²) in [5, 5.41) is 0. The van der Waals surface area contributed by atoms with E-state index in [9.17, 15) is 0 Å². The van der Waals surface area contributed by atoms with Gasteiger partial charge in [0.2, 0.25) is 0 Å². The Hall–Kier alpha value is -0.520. The van der Waals surface area contributed by atoms with Crippen LogP contribution in [0.2, 0.25) is 0 Å². The van der Waals surface area contributed by atoms with Crippen molar-refractivity contribution in [2.75, 3.05) is 0 Å². The van der Waals surface area contributed by atoms with E-state index in [1.807, 2.05) is 11.1 Å². The second-order valence-corrected chi connectivity index (χ2v) is 5.50. The van der Waals surface area contributed by atoms with Gasteiger partial charge in [0.05, 0.1) is 0 Å². The molecule has 0 aromatic rings. The molecular weight excluding hydrogens is 156 g/mol. The fourth-order valence-corrected chi connectivity index (χ4v) is 3.89. The van der Waals surface area contributed by atoms with Gasteiger partial charge in [-0.25, -0.2) is 0 Å². The van der Waals surface area contributed by atoms with Crippen LogP contribution in [0.3, 0.4) is 0 Å². The van der Waals surface area contributed by atoms with E-state index in [2.05, 4.69) is 13.0 Å². The van der Waals surface area contributed by atoms with E-state index in [1.165, 1.54) is 32.1 Å². The predicted octanol–water partition coefficient (Wildman–Crippen LogP) is 3.45. The molecule has 0 heteroatoms. The third-order valence-electron chi connectivity index (χ3n) is 5.00. The fraction of sp³-hybridized carbons (Fsp3) is 0.692. The Bertz CT molecular complexity index is 358. The van der Waals surface area contributed by atoms with Gasteiger partial charge in [0.15, 0.2) is 0 Å². The Labute approximate surface area is 79.7 Å². The first-order chi connectivity index (χ1) is 6.32. The molecule has 0 spiro atoms. The zero-order valence-electron chi connectivity index (χ0n) is 8.27. The summed E-state index contributed by atoms with van der Waals surface area (Å²) in [5.74, 6) is 2.06. The summed E-state index contributed by atoms with van der Waals surface area (Å²) in [6.45, 7) is 2.45. The van der Waals surface area contributed by atoms with Crippen molar-refractivity contribution in [3.8, 4) is 0 Å². The molecule has 0 radical (unpaired) electrons. The average Bonchev–Trinajstić information content (AvgIpc) is 2.91. The monoisotopic (exact) mass is 172 g/mol. The maximum absolute atomic E-state index is 2.54. The van der Waals surface area contributed by atoms with E-state index in [1.54, 1.807) is 5.57 Å². The smallest absolute Gasteiger partial charge is 0.0195 e. The van der Waals surface area contributed by atoms with Crippen LogP contribution in [-0.4, -0.2) is 0 Å². The second kappa shape index (κ2) is 1.80. The van der Waals surface area contributed by atoms with Crippen molar-refractivity contribution in [3.05, 3.63) is 22.8 Å². The Balaban J connectivity index is 1.76. The molecule has 2 fully saturated rings. The Kier molecular flexibility index (Phi) is 0.949. The minimum absolute atomic E-state index is 0.686. The molecule has 4 aliphatic rings. The van der Waals surface area contributed by atoms with E-state index >= 15 is 0 Å². The van der Waals surface area contributed by atoms with Crippen LogP contribution in [0, 0.1) is 17.3 Å². The molecule has 0 nitrogen and oxygen atoms in total. The highest BCUT2D eigenvalue weighted by atomic mass is 14.7. The molecule has 13 heavy (non-hydrogen) atoms. The van der Waals surface area contributed by atoms with E-state index in [0.717, 1.165) is 11.8 Å². The van der Waals surface area contributed by atoms with Crippen LogP contribution in [0.15, 0.2) is 22.8 Å². The molecule has 0 N–H and O–H groups in total. The van der Waals surface area contributed by atoms with Gasteiger partial charge in [-0.15, -0.1) is 0 Å². The summed E-state index contributed by atoms with van der Waals surface area (Å²) in [7, 11) is 0. The molecule has 2 saturated carbocycles. The standard InChI is InChI=1S/C13H16/c1-8-2-5-11(8)13-7-10(13)4-3-9-6-12(9)13/h4,8,11H,2-3,5-7H2,1H3. The van der Waals surface area contributed by atoms with Crippen LogP contribution in [0.4, 0.5) is 0 Å². The maximum atomic E-state index is 2.54. The van der Waals surface area contributed by atoms with E-state index in [0.29, 0.717) is 5.41 Å². The number of fused-ring (bicyclic) bond motifs is 2. The van der Waals surface area contributed by atoms with Crippen LogP contribution >= 0.6 is 0 Å². The van der Waals surface area contributed by atoms with Crippen LogP contribution in [0.5, 0.6) is 0 Å². The number of rotatable bonds is 1. The van der Waals surface area contributed by atoms with Gasteiger partial charge in [-0.3, -0.25) is 0 Å². The summed E-state index contributed by atoms with van der Waals surface area (Å²) in [6.07, 6.45) is 9.70. The number of allylic oxidation sites excluding steroid dienone is 4. The molecule has 0 heterocycles. The van der Waals surface area contributed by atoms with E-state index < -0.39 is 0 Å². The molecule has 0 aliphatic heterocycles. The molecule has 0 saturated heterocycles. The Morgan fingerprint density at radius 2 is 2.31 bits per heavy atom. The van der Waals surface area contributed by atoms with Crippen molar-refractivity contribution in [1.29, 1.82) is 0 Å². The summed E-state index contributed by atoms with van der Waals surface area (Å²) in [6, 6.07) is 0. The lowest BCUT2D eigenvalue weighted by Crippen LogP contribution is -2.32. The van der Waals surface area contributed by atoms with Crippen LogP contribution in [0.25, 0.3) is 0 Å². The van der Waals surface area contributed by atoms with Crippen molar-refractivity contribution < 1.29 is 0 Å². The van der Waals surface area contributed by atoms with E-state index in [-0.39, 0.29) is 0 Å². The zero-order chi connectivity index (χ0) is 8.63. The van der Waals surface area contributed by atoms with Crippen LogP contribution in [-0.2, 0) is 0 Å². The summed E-state index contributed by atoms with van der Waals surface area (Å²) in [5.41, 5.74) is 6.20. The zero-order valence-corrected chi connectivity index (χ0v) is 8.27. The molecule has 68 valence electrons. The quantitative estimate of drug-likeness (QED) is 0.531. The fourth-order valence-electron chi connectivity index (χ4n) is 3.89. The number of hydrogen-bond donors (Lipinski definition) is 0. The van der Waals surface area contributed by atoms with Gasteiger partial charge >= 0.3 is 0 Å². The lowest BCUT2D eigenvalue weighted by Gasteiger charge is -2.40. The normalized spacial score (nSPS) is 50.4. The van der Waals surface area contributed by atoms with Crippen LogP contribution in [0.1, 0.15) is 39.0 Å². The first kappa shape index (κ1) is 6.86. The Morgan fingerprint density at radius 3 is 3.00 bits per heavy atom. The van der Waals surface area contributed by atoms with Gasteiger partial charge in [-0.05, 0) is 37.5 Å². The lowest BCUT2D eigenvalue weighted by atomic mass is 9.64. The largest absolute Gasteiger partial charge is 0.0803 e. The van der Waals surface area contributed by atoms with Crippen molar-refractivity contribution in [1.82, 2.24) is 0 Å². The third kappa shape index (κ3) is 0.630. The highest BCUT2D eigenvalue weighted by molar-refractivity contribution is 5.60. The first-order valence-corrected chi connectivity index (χ1v) is 5.73. The molecule has 0 aromatic heterocycles. The average molecular weight is 172 g/mol. The molecule has 0 bridgehead atoms. The highest BCUT2D eigenvalue weighted by Crippen LogP contribution is 2.75. The summed E-state index contributed by atoms with van der Waals surface area (Å²) >= 11 is 0. The van der Waals surface area contributed by atoms with Gasteiger partial charge in [0.25, 0.3) is 0 Å². The van der Waals surface area contributed by atoms with Crippen molar-refractivity contribution in [2.24, 2.45) is 17.3 Å². The maximum Gasteiger partial charge on any atom is 0.0195 e. The third-order valence-corrected chi connectivity index (χ3v) is 5.00. The SMILES string of the molecule is CC1CCC1C12CC1=CCC1=C2C1. The van der Waals surface area contributed by atoms with Crippen molar-refractivity contribution >= 4 is 0 Å². The van der Waals surface area contributed by atoms with Gasteiger partial charge in [-0.1, -0.05) is 36.1 Å². The molecule has 4 aliphatic carbocycles. The topological polar surface area (TPSA) is 0 Å². The minimum Gasteiger partial charge on any atom is -0.0803 e. The van der Waals surface area contributed by atoms with Gasteiger partial charge in [-0.2, -0.15) is 0 Å². The minimum atomic E-state index is 0.686. The molecular formula is C13H16.